The molecule has 1 saturated heterocycles. The van der Waals surface area contributed by atoms with Gasteiger partial charge in [-0.25, -0.2) is 8.42 Å². The van der Waals surface area contributed by atoms with Crippen LogP contribution in [0.15, 0.2) is 0 Å². The van der Waals surface area contributed by atoms with Gasteiger partial charge < -0.3 is 9.64 Å². The zero-order chi connectivity index (χ0) is 13.6. The fourth-order valence-electron chi connectivity index (χ4n) is 1.70. The quantitative estimate of drug-likeness (QED) is 0.292. The van der Waals surface area contributed by atoms with Gasteiger partial charge in [0.05, 0.1) is 18.1 Å². The fraction of sp³-hybridized carbons (Fsp3) is 0.909. The normalized spacial score (nSPS) is 21.4. The third-order valence-corrected chi connectivity index (χ3v) is 4.99. The van der Waals surface area contributed by atoms with E-state index in [0.717, 1.165) is 19.4 Å². The van der Waals surface area contributed by atoms with Crippen LogP contribution in [0.4, 0.5) is 0 Å². The van der Waals surface area contributed by atoms with Crippen LogP contribution in [0, 0.1) is 0 Å². The highest BCUT2D eigenvalue weighted by atomic mass is 127. The van der Waals surface area contributed by atoms with Gasteiger partial charge in [-0.05, 0) is 26.3 Å². The zero-order valence-corrected chi connectivity index (χ0v) is 13.6. The molecule has 7 heteroatoms. The molecule has 0 aromatic carbocycles. The lowest BCUT2D eigenvalue weighted by Gasteiger charge is -2.26. The molecule has 0 saturated carbocycles. The largest absolute Gasteiger partial charge is 0.465 e. The number of nitrogens with zero attached hydrogens (tertiary/aromatic N) is 1. The predicted molar refractivity (Wildman–Crippen MR) is 78.8 cm³/mol. The summed E-state index contributed by atoms with van der Waals surface area (Å²) in [5.41, 5.74) is 0. The van der Waals surface area contributed by atoms with Crippen LogP contribution < -0.4 is 0 Å². The molecule has 0 radical (unpaired) electrons. The standard InChI is InChI=1S/C11H20INO4S/c1-10(12)11(14)17-7-3-2-4-13-5-8-18(15,16)9-6-13/h10H,2-9H2,1H3. The number of esters is 1. The van der Waals surface area contributed by atoms with Crippen LogP contribution in [-0.2, 0) is 19.4 Å². The van der Waals surface area contributed by atoms with Gasteiger partial charge in [-0.2, -0.15) is 0 Å². The zero-order valence-electron chi connectivity index (χ0n) is 10.6. The van der Waals surface area contributed by atoms with Crippen molar-refractivity contribution in [1.82, 2.24) is 4.90 Å². The van der Waals surface area contributed by atoms with Crippen molar-refractivity contribution in [1.29, 1.82) is 0 Å². The van der Waals surface area contributed by atoms with E-state index >= 15 is 0 Å². The van der Waals surface area contributed by atoms with Gasteiger partial charge in [0.25, 0.3) is 0 Å². The monoisotopic (exact) mass is 389 g/mol. The molecule has 1 atom stereocenters. The van der Waals surface area contributed by atoms with E-state index in [1.165, 1.54) is 0 Å². The smallest absolute Gasteiger partial charge is 0.318 e. The lowest BCUT2D eigenvalue weighted by Crippen LogP contribution is -2.40. The Morgan fingerprint density at radius 1 is 1.33 bits per heavy atom. The van der Waals surface area contributed by atoms with Gasteiger partial charge in [0.1, 0.15) is 3.92 Å². The fourth-order valence-corrected chi connectivity index (χ4v) is 3.16. The first-order chi connectivity index (χ1) is 8.41. The van der Waals surface area contributed by atoms with Crippen molar-refractivity contribution < 1.29 is 17.9 Å². The molecule has 0 aromatic heterocycles. The number of carbonyl (C=O) groups is 1. The third kappa shape index (κ3) is 6.33. The number of rotatable bonds is 6. The third-order valence-electron chi connectivity index (χ3n) is 2.87. The molecule has 1 fully saturated rings. The van der Waals surface area contributed by atoms with Gasteiger partial charge in [0.2, 0.25) is 0 Å². The number of hydrogen-bond acceptors (Lipinski definition) is 5. The Balaban J connectivity index is 2.04. The van der Waals surface area contributed by atoms with Gasteiger partial charge in [-0.1, -0.05) is 22.6 Å². The van der Waals surface area contributed by atoms with Crippen molar-refractivity contribution >= 4 is 38.4 Å². The van der Waals surface area contributed by atoms with Crippen LogP contribution in [0.3, 0.4) is 0 Å². The number of unbranched alkanes of at least 4 members (excludes halogenated alkanes) is 1. The van der Waals surface area contributed by atoms with Crippen LogP contribution in [0.1, 0.15) is 19.8 Å². The molecule has 0 amide bonds. The molecule has 0 aromatic rings. The summed E-state index contributed by atoms with van der Waals surface area (Å²) in [7, 11) is -2.78. The van der Waals surface area contributed by atoms with Crippen LogP contribution in [0.25, 0.3) is 0 Å². The van der Waals surface area contributed by atoms with E-state index in [0.29, 0.717) is 19.7 Å². The summed E-state index contributed by atoms with van der Waals surface area (Å²) in [6.45, 7) is 4.40. The average molecular weight is 389 g/mol. The van der Waals surface area contributed by atoms with Crippen LogP contribution in [0.2, 0.25) is 0 Å². The molecule has 0 spiro atoms. The second kappa shape index (κ2) is 7.64. The first-order valence-corrected chi connectivity index (χ1v) is 9.21. The van der Waals surface area contributed by atoms with Gasteiger partial charge in [-0.15, -0.1) is 0 Å². The van der Waals surface area contributed by atoms with Crippen molar-refractivity contribution in [3.8, 4) is 0 Å². The predicted octanol–water partition coefficient (Wildman–Crippen LogP) is 0.864. The van der Waals surface area contributed by atoms with Crippen molar-refractivity contribution in [3.05, 3.63) is 0 Å². The Labute approximate surface area is 122 Å². The Bertz CT molecular complexity index is 355. The number of halogens is 1. The summed E-state index contributed by atoms with van der Waals surface area (Å²) in [6, 6.07) is 0. The van der Waals surface area contributed by atoms with E-state index < -0.39 is 9.84 Å². The molecule has 106 valence electrons. The van der Waals surface area contributed by atoms with Crippen LogP contribution in [-0.4, -0.2) is 61.0 Å². The SMILES string of the molecule is CC(I)C(=O)OCCCCN1CCS(=O)(=O)CC1. The minimum absolute atomic E-state index is 0.102. The molecular weight excluding hydrogens is 369 g/mol. The van der Waals surface area contributed by atoms with Gasteiger partial charge in [-0.3, -0.25) is 4.79 Å². The molecule has 1 aliphatic heterocycles. The highest BCUT2D eigenvalue weighted by Gasteiger charge is 2.20. The molecule has 1 heterocycles. The number of ether oxygens (including phenoxy) is 1. The minimum Gasteiger partial charge on any atom is -0.465 e. The number of alkyl halides is 1. The van der Waals surface area contributed by atoms with Gasteiger partial charge in [0, 0.05) is 13.1 Å². The number of hydrogen-bond donors (Lipinski definition) is 0. The average Bonchev–Trinajstić information content (AvgIpc) is 2.30. The maximum atomic E-state index is 11.2. The van der Waals surface area contributed by atoms with Crippen molar-refractivity contribution in [3.63, 3.8) is 0 Å². The van der Waals surface area contributed by atoms with Crippen LogP contribution >= 0.6 is 22.6 Å². The summed E-state index contributed by atoms with van der Waals surface area (Å²) >= 11 is 2.03. The first-order valence-electron chi connectivity index (χ1n) is 6.14. The Morgan fingerprint density at radius 2 is 1.94 bits per heavy atom. The van der Waals surface area contributed by atoms with E-state index in [9.17, 15) is 13.2 Å². The maximum absolute atomic E-state index is 11.2. The molecule has 5 nitrogen and oxygen atoms in total. The van der Waals surface area contributed by atoms with Crippen molar-refractivity contribution in [2.45, 2.75) is 23.7 Å². The molecule has 0 bridgehead atoms. The highest BCUT2D eigenvalue weighted by molar-refractivity contribution is 14.1. The molecule has 1 unspecified atom stereocenters. The molecule has 0 aliphatic carbocycles. The second-order valence-corrected chi connectivity index (χ2v) is 8.66. The minimum atomic E-state index is -2.78. The summed E-state index contributed by atoms with van der Waals surface area (Å²) < 4.78 is 27.4. The van der Waals surface area contributed by atoms with E-state index in [1.54, 1.807) is 6.92 Å². The number of sulfone groups is 1. The van der Waals surface area contributed by atoms with E-state index in [1.807, 2.05) is 22.6 Å². The summed E-state index contributed by atoms with van der Waals surface area (Å²) in [5.74, 6) is 0.377. The van der Waals surface area contributed by atoms with Crippen molar-refractivity contribution in [2.24, 2.45) is 0 Å². The molecule has 0 N–H and O–H groups in total. The molecule has 1 aliphatic rings. The summed E-state index contributed by atoms with van der Waals surface area (Å²) in [6.07, 6.45) is 1.77. The lowest BCUT2D eigenvalue weighted by atomic mass is 10.3. The lowest BCUT2D eigenvalue weighted by molar-refractivity contribution is -0.142. The van der Waals surface area contributed by atoms with E-state index in [-0.39, 0.29) is 21.4 Å². The topological polar surface area (TPSA) is 63.7 Å². The first kappa shape index (κ1) is 16.2. The van der Waals surface area contributed by atoms with Crippen LogP contribution in [0.5, 0.6) is 0 Å². The number of carbonyl (C=O) groups excluding carboxylic acids is 1. The Kier molecular flexibility index (Phi) is 6.86. The molecule has 1 rings (SSSR count). The Morgan fingerprint density at radius 3 is 2.50 bits per heavy atom. The molecular formula is C11H20INO4S. The van der Waals surface area contributed by atoms with E-state index in [2.05, 4.69) is 4.90 Å². The summed E-state index contributed by atoms with van der Waals surface area (Å²) in [4.78, 5) is 13.3. The summed E-state index contributed by atoms with van der Waals surface area (Å²) in [5, 5.41) is 0. The van der Waals surface area contributed by atoms with E-state index in [4.69, 9.17) is 4.74 Å². The molecule has 18 heavy (non-hydrogen) atoms. The highest BCUT2D eigenvalue weighted by Crippen LogP contribution is 2.06. The maximum Gasteiger partial charge on any atom is 0.318 e. The van der Waals surface area contributed by atoms with Gasteiger partial charge >= 0.3 is 5.97 Å². The van der Waals surface area contributed by atoms with Crippen molar-refractivity contribution in [2.75, 3.05) is 37.7 Å². The second-order valence-electron chi connectivity index (χ2n) is 4.48. The van der Waals surface area contributed by atoms with Gasteiger partial charge in [0.15, 0.2) is 9.84 Å². The Hall–Kier alpha value is 0.110.